The van der Waals surface area contributed by atoms with E-state index in [2.05, 4.69) is 25.8 Å². The van der Waals surface area contributed by atoms with Crippen LogP contribution >= 0.6 is 24.0 Å². The predicted octanol–water partition coefficient (Wildman–Crippen LogP) is 3.67. The molecule has 0 amide bonds. The van der Waals surface area contributed by atoms with E-state index in [4.69, 9.17) is 9.26 Å². The number of rotatable bonds is 7. The zero-order chi connectivity index (χ0) is 19.9. The molecule has 2 rings (SSSR count). The van der Waals surface area contributed by atoms with Gasteiger partial charge in [-0.2, -0.15) is 18.2 Å². The SMILES string of the molecule is CCOC(C)c1noc(CNC(=NC)NCc2cccc(C(F)(F)F)c2)n1.I. The normalized spacial score (nSPS) is 13.0. The van der Waals surface area contributed by atoms with Gasteiger partial charge in [-0.15, -0.1) is 24.0 Å². The molecule has 0 spiro atoms. The molecule has 1 atom stereocenters. The van der Waals surface area contributed by atoms with Crippen molar-refractivity contribution in [3.63, 3.8) is 0 Å². The molecule has 0 aliphatic heterocycles. The highest BCUT2D eigenvalue weighted by Gasteiger charge is 2.30. The first-order chi connectivity index (χ1) is 12.8. The summed E-state index contributed by atoms with van der Waals surface area (Å²) < 4.78 is 48.8. The zero-order valence-corrected chi connectivity index (χ0v) is 18.0. The number of hydrogen-bond donors (Lipinski definition) is 2. The van der Waals surface area contributed by atoms with E-state index in [1.165, 1.54) is 6.07 Å². The van der Waals surface area contributed by atoms with Crippen LogP contribution in [0.3, 0.4) is 0 Å². The van der Waals surface area contributed by atoms with Crippen molar-refractivity contribution in [2.24, 2.45) is 4.99 Å². The molecule has 11 heteroatoms. The number of ether oxygens (including phenoxy) is 1. The van der Waals surface area contributed by atoms with E-state index in [1.54, 1.807) is 13.1 Å². The molecule has 0 fully saturated rings. The van der Waals surface area contributed by atoms with E-state index in [1.807, 2.05) is 13.8 Å². The summed E-state index contributed by atoms with van der Waals surface area (Å²) in [6.07, 6.45) is -4.64. The van der Waals surface area contributed by atoms with Crippen molar-refractivity contribution in [3.05, 3.63) is 47.1 Å². The Labute approximate surface area is 178 Å². The number of alkyl halides is 3. The Morgan fingerprint density at radius 2 is 2.00 bits per heavy atom. The Morgan fingerprint density at radius 1 is 1.29 bits per heavy atom. The molecule has 7 nitrogen and oxygen atoms in total. The van der Waals surface area contributed by atoms with Gasteiger partial charge < -0.3 is 19.9 Å². The van der Waals surface area contributed by atoms with E-state index >= 15 is 0 Å². The van der Waals surface area contributed by atoms with Gasteiger partial charge in [0, 0.05) is 20.2 Å². The summed E-state index contributed by atoms with van der Waals surface area (Å²) in [5, 5.41) is 9.75. The average molecular weight is 513 g/mol. The molecule has 156 valence electrons. The third-order valence-electron chi connectivity index (χ3n) is 3.61. The number of nitrogens with one attached hydrogen (secondary N) is 2. The summed E-state index contributed by atoms with van der Waals surface area (Å²) in [7, 11) is 1.55. The third-order valence-corrected chi connectivity index (χ3v) is 3.61. The van der Waals surface area contributed by atoms with Gasteiger partial charge in [-0.25, -0.2) is 0 Å². The average Bonchev–Trinajstić information content (AvgIpc) is 3.11. The summed E-state index contributed by atoms with van der Waals surface area (Å²) in [6, 6.07) is 5.11. The van der Waals surface area contributed by atoms with Crippen molar-refractivity contribution in [3.8, 4) is 0 Å². The second-order valence-corrected chi connectivity index (χ2v) is 5.62. The summed E-state index contributed by atoms with van der Waals surface area (Å²) >= 11 is 0. The van der Waals surface area contributed by atoms with Gasteiger partial charge in [0.05, 0.1) is 12.1 Å². The van der Waals surface area contributed by atoms with Crippen LogP contribution in [0.2, 0.25) is 0 Å². The van der Waals surface area contributed by atoms with Gasteiger partial charge in [0.15, 0.2) is 11.8 Å². The van der Waals surface area contributed by atoms with Gasteiger partial charge >= 0.3 is 6.18 Å². The summed E-state index contributed by atoms with van der Waals surface area (Å²) in [6.45, 7) is 4.63. The minimum absolute atomic E-state index is 0. The molecule has 28 heavy (non-hydrogen) atoms. The molecule has 0 bridgehead atoms. The van der Waals surface area contributed by atoms with Crippen molar-refractivity contribution in [1.82, 2.24) is 20.8 Å². The van der Waals surface area contributed by atoms with Crippen LogP contribution in [0.4, 0.5) is 13.2 Å². The van der Waals surface area contributed by atoms with Crippen LogP contribution in [0.1, 0.15) is 42.8 Å². The molecule has 0 saturated carbocycles. The van der Waals surface area contributed by atoms with Crippen molar-refractivity contribution >= 4 is 29.9 Å². The molecule has 2 N–H and O–H groups in total. The largest absolute Gasteiger partial charge is 0.416 e. The highest BCUT2D eigenvalue weighted by atomic mass is 127. The van der Waals surface area contributed by atoms with Crippen LogP contribution in [0.25, 0.3) is 0 Å². The fourth-order valence-electron chi connectivity index (χ4n) is 2.25. The number of halogens is 4. The summed E-state index contributed by atoms with van der Waals surface area (Å²) in [5.74, 6) is 1.18. The third kappa shape index (κ3) is 7.26. The molecule has 1 heterocycles. The summed E-state index contributed by atoms with van der Waals surface area (Å²) in [5.41, 5.74) is -0.204. The van der Waals surface area contributed by atoms with Gasteiger partial charge in [-0.1, -0.05) is 17.3 Å². The number of hydrogen-bond acceptors (Lipinski definition) is 5. The molecule has 1 unspecified atom stereocenters. The first-order valence-corrected chi connectivity index (χ1v) is 8.38. The minimum Gasteiger partial charge on any atom is -0.371 e. The maximum atomic E-state index is 12.8. The van der Waals surface area contributed by atoms with Gasteiger partial charge in [0.1, 0.15) is 6.10 Å². The van der Waals surface area contributed by atoms with E-state index < -0.39 is 11.7 Å². The smallest absolute Gasteiger partial charge is 0.371 e. The van der Waals surface area contributed by atoms with Gasteiger partial charge in [-0.3, -0.25) is 4.99 Å². The molecular weight excluding hydrogens is 490 g/mol. The zero-order valence-electron chi connectivity index (χ0n) is 15.7. The fourth-order valence-corrected chi connectivity index (χ4v) is 2.25. The molecule has 0 radical (unpaired) electrons. The Hall–Kier alpha value is -1.89. The molecule has 0 aliphatic rings. The van der Waals surface area contributed by atoms with E-state index in [0.717, 1.165) is 12.1 Å². The molecule has 1 aromatic heterocycles. The Balaban J connectivity index is 0.00000392. The molecule has 1 aromatic carbocycles. The lowest BCUT2D eigenvalue weighted by Crippen LogP contribution is -2.36. The lowest BCUT2D eigenvalue weighted by molar-refractivity contribution is -0.137. The van der Waals surface area contributed by atoms with Crippen LogP contribution in [0, 0.1) is 0 Å². The Morgan fingerprint density at radius 3 is 2.64 bits per heavy atom. The number of guanidine groups is 1. The van der Waals surface area contributed by atoms with Crippen molar-refractivity contribution in [2.45, 2.75) is 39.2 Å². The van der Waals surface area contributed by atoms with Gasteiger partial charge in [0.2, 0.25) is 5.89 Å². The Bertz CT molecular complexity index is 767. The molecule has 0 saturated heterocycles. The lowest BCUT2D eigenvalue weighted by atomic mass is 10.1. The van der Waals surface area contributed by atoms with Crippen LogP contribution in [0.15, 0.2) is 33.8 Å². The second kappa shape index (κ2) is 11.2. The second-order valence-electron chi connectivity index (χ2n) is 5.62. The monoisotopic (exact) mass is 513 g/mol. The summed E-state index contributed by atoms with van der Waals surface area (Å²) in [4.78, 5) is 8.24. The van der Waals surface area contributed by atoms with Crippen LogP contribution in [0.5, 0.6) is 0 Å². The van der Waals surface area contributed by atoms with E-state index in [0.29, 0.717) is 29.8 Å². The number of nitrogens with zero attached hydrogens (tertiary/aromatic N) is 3. The van der Waals surface area contributed by atoms with Crippen LogP contribution in [-0.4, -0.2) is 29.8 Å². The highest BCUT2D eigenvalue weighted by Crippen LogP contribution is 2.29. The maximum absolute atomic E-state index is 12.8. The van der Waals surface area contributed by atoms with Crippen LogP contribution < -0.4 is 10.6 Å². The lowest BCUT2D eigenvalue weighted by Gasteiger charge is -2.12. The number of aromatic nitrogens is 2. The minimum atomic E-state index is -4.37. The van der Waals surface area contributed by atoms with Crippen molar-refractivity contribution < 1.29 is 22.4 Å². The molecule has 2 aromatic rings. The fraction of sp³-hybridized carbons (Fsp3) is 0.471. The predicted molar refractivity (Wildman–Crippen MR) is 108 cm³/mol. The van der Waals surface area contributed by atoms with Gasteiger partial charge in [0.25, 0.3) is 0 Å². The van der Waals surface area contributed by atoms with Crippen molar-refractivity contribution in [1.29, 1.82) is 0 Å². The molecule has 0 aliphatic carbocycles. The Kier molecular flexibility index (Phi) is 9.65. The maximum Gasteiger partial charge on any atom is 0.416 e. The highest BCUT2D eigenvalue weighted by molar-refractivity contribution is 14.0. The standard InChI is InChI=1S/C17H22F3N5O2.HI/c1-4-26-11(2)15-24-14(27-25-15)10-23-16(21-3)22-9-12-6-5-7-13(8-12)17(18,19)20;/h5-8,11H,4,9-10H2,1-3H3,(H2,21,22,23);1H. The number of benzene rings is 1. The first kappa shape index (κ1) is 24.1. The topological polar surface area (TPSA) is 84.6 Å². The van der Waals surface area contributed by atoms with Crippen LogP contribution in [-0.2, 0) is 24.0 Å². The number of aliphatic imine (C=N–C) groups is 1. The first-order valence-electron chi connectivity index (χ1n) is 8.38. The quantitative estimate of drug-likeness (QED) is 0.334. The van der Waals surface area contributed by atoms with Gasteiger partial charge in [-0.05, 0) is 31.5 Å². The van der Waals surface area contributed by atoms with E-state index in [-0.39, 0.29) is 43.2 Å². The van der Waals surface area contributed by atoms with E-state index in [9.17, 15) is 13.2 Å². The molecular formula is C17H23F3IN5O2. The van der Waals surface area contributed by atoms with Crippen molar-refractivity contribution in [2.75, 3.05) is 13.7 Å².